The Morgan fingerprint density at radius 1 is 1.32 bits per heavy atom. The Bertz CT molecular complexity index is 547. The van der Waals surface area contributed by atoms with Gasteiger partial charge in [-0.05, 0) is 37.2 Å². The van der Waals surface area contributed by atoms with Crippen LogP contribution < -0.4 is 0 Å². The predicted molar refractivity (Wildman–Crippen MR) is 78.4 cm³/mol. The number of aromatic nitrogens is 2. The fourth-order valence-electron chi connectivity index (χ4n) is 2.76. The molecule has 4 heteroatoms. The molecule has 100 valence electrons. The van der Waals surface area contributed by atoms with Crippen molar-refractivity contribution in [3.05, 3.63) is 41.7 Å². The number of likely N-dealkylation sites (N-methyl/N-ethyl adjacent to an activating group) is 1. The van der Waals surface area contributed by atoms with Gasteiger partial charge in [-0.25, -0.2) is 4.98 Å². The van der Waals surface area contributed by atoms with E-state index in [-0.39, 0.29) is 0 Å². The molecule has 0 N–H and O–H groups in total. The largest absolute Gasteiger partial charge is 0.327 e. The van der Waals surface area contributed by atoms with E-state index in [4.69, 9.17) is 11.6 Å². The Labute approximate surface area is 118 Å². The van der Waals surface area contributed by atoms with Crippen molar-refractivity contribution in [3.63, 3.8) is 0 Å². The molecule has 0 bridgehead atoms. The molecule has 3 nitrogen and oxygen atoms in total. The smallest absolute Gasteiger partial charge is 0.140 e. The Balaban J connectivity index is 1.88. The molecule has 1 aliphatic heterocycles. The minimum Gasteiger partial charge on any atom is -0.327 e. The van der Waals surface area contributed by atoms with Crippen LogP contribution in [0.4, 0.5) is 0 Å². The normalized spacial score (nSPS) is 20.0. The first kappa shape index (κ1) is 12.7. The molecule has 0 spiro atoms. The van der Waals surface area contributed by atoms with Gasteiger partial charge < -0.3 is 9.47 Å². The Kier molecular flexibility index (Phi) is 3.58. The first-order valence-electron chi connectivity index (χ1n) is 6.79. The van der Waals surface area contributed by atoms with Gasteiger partial charge in [0.15, 0.2) is 0 Å². The maximum atomic E-state index is 5.94. The zero-order valence-electron chi connectivity index (χ0n) is 11.1. The van der Waals surface area contributed by atoms with Gasteiger partial charge in [-0.1, -0.05) is 18.5 Å². The van der Waals surface area contributed by atoms with Crippen molar-refractivity contribution in [2.45, 2.75) is 19.4 Å². The van der Waals surface area contributed by atoms with Crippen LogP contribution in [0.3, 0.4) is 0 Å². The Morgan fingerprint density at radius 3 is 2.79 bits per heavy atom. The number of likely N-dealkylation sites (tertiary alicyclic amines) is 1. The van der Waals surface area contributed by atoms with Gasteiger partial charge >= 0.3 is 0 Å². The molecule has 1 saturated heterocycles. The van der Waals surface area contributed by atoms with Crippen molar-refractivity contribution in [2.24, 2.45) is 0 Å². The zero-order valence-corrected chi connectivity index (χ0v) is 11.8. The molecule has 0 radical (unpaired) electrons. The Morgan fingerprint density at radius 2 is 2.11 bits per heavy atom. The molecule has 1 unspecified atom stereocenters. The minimum absolute atomic E-state index is 0.535. The SMILES string of the molecule is CCN1CCC(n2ccnc2-c2ccc(Cl)cc2)C1. The first-order valence-corrected chi connectivity index (χ1v) is 7.17. The van der Waals surface area contributed by atoms with Crippen molar-refractivity contribution >= 4 is 11.6 Å². The number of hydrogen-bond acceptors (Lipinski definition) is 2. The third-order valence-corrected chi connectivity index (χ3v) is 4.11. The van der Waals surface area contributed by atoms with Crippen molar-refractivity contribution in [2.75, 3.05) is 19.6 Å². The summed E-state index contributed by atoms with van der Waals surface area (Å²) in [6.45, 7) is 5.64. The van der Waals surface area contributed by atoms with Gasteiger partial charge in [-0.2, -0.15) is 0 Å². The quantitative estimate of drug-likeness (QED) is 0.855. The average molecular weight is 276 g/mol. The van der Waals surface area contributed by atoms with Crippen LogP contribution in [-0.2, 0) is 0 Å². The van der Waals surface area contributed by atoms with Crippen molar-refractivity contribution in [1.29, 1.82) is 0 Å². The highest BCUT2D eigenvalue weighted by molar-refractivity contribution is 6.30. The molecular formula is C15H18ClN3. The summed E-state index contributed by atoms with van der Waals surface area (Å²) in [5.41, 5.74) is 1.13. The van der Waals surface area contributed by atoms with Crippen LogP contribution in [0.1, 0.15) is 19.4 Å². The second-order valence-corrected chi connectivity index (χ2v) is 5.44. The fourth-order valence-corrected chi connectivity index (χ4v) is 2.88. The molecule has 1 aromatic carbocycles. The minimum atomic E-state index is 0.535. The first-order chi connectivity index (χ1) is 9.28. The highest BCUT2D eigenvalue weighted by Crippen LogP contribution is 2.27. The summed E-state index contributed by atoms with van der Waals surface area (Å²) >= 11 is 5.94. The van der Waals surface area contributed by atoms with Gasteiger partial charge in [0, 0.05) is 42.1 Å². The molecule has 0 amide bonds. The number of imidazole rings is 1. The number of halogens is 1. The zero-order chi connectivity index (χ0) is 13.2. The molecule has 19 heavy (non-hydrogen) atoms. The van der Waals surface area contributed by atoms with Crippen LogP contribution in [0.2, 0.25) is 5.02 Å². The van der Waals surface area contributed by atoms with E-state index in [1.165, 1.54) is 13.0 Å². The molecule has 1 fully saturated rings. The van der Waals surface area contributed by atoms with Crippen LogP contribution in [0, 0.1) is 0 Å². The maximum Gasteiger partial charge on any atom is 0.140 e. The van der Waals surface area contributed by atoms with Crippen molar-refractivity contribution in [3.8, 4) is 11.4 Å². The molecular weight excluding hydrogens is 258 g/mol. The maximum absolute atomic E-state index is 5.94. The Hall–Kier alpha value is -1.32. The summed E-state index contributed by atoms with van der Waals surface area (Å²) in [6.07, 6.45) is 5.18. The lowest BCUT2D eigenvalue weighted by Gasteiger charge is -2.16. The van der Waals surface area contributed by atoms with Gasteiger partial charge in [0.2, 0.25) is 0 Å². The van der Waals surface area contributed by atoms with E-state index in [1.807, 2.05) is 30.5 Å². The monoisotopic (exact) mass is 275 g/mol. The van der Waals surface area contributed by atoms with Crippen LogP contribution in [0.25, 0.3) is 11.4 Å². The van der Waals surface area contributed by atoms with E-state index in [1.54, 1.807) is 0 Å². The van der Waals surface area contributed by atoms with Gasteiger partial charge in [0.1, 0.15) is 5.82 Å². The molecule has 2 heterocycles. The van der Waals surface area contributed by atoms with E-state index in [0.717, 1.165) is 29.5 Å². The lowest BCUT2D eigenvalue weighted by molar-refractivity contribution is 0.342. The number of rotatable bonds is 3. The van der Waals surface area contributed by atoms with Gasteiger partial charge in [-0.3, -0.25) is 0 Å². The number of nitrogens with zero attached hydrogens (tertiary/aromatic N) is 3. The summed E-state index contributed by atoms with van der Waals surface area (Å²) in [4.78, 5) is 7.00. The fraction of sp³-hybridized carbons (Fsp3) is 0.400. The number of benzene rings is 1. The van der Waals surface area contributed by atoms with Crippen LogP contribution >= 0.6 is 11.6 Å². The molecule has 1 aromatic heterocycles. The highest BCUT2D eigenvalue weighted by Gasteiger charge is 2.24. The van der Waals surface area contributed by atoms with Gasteiger partial charge in [0.05, 0.1) is 0 Å². The molecule has 0 saturated carbocycles. The second kappa shape index (κ2) is 5.35. The van der Waals surface area contributed by atoms with Gasteiger partial charge in [-0.15, -0.1) is 0 Å². The van der Waals surface area contributed by atoms with Crippen LogP contribution in [0.5, 0.6) is 0 Å². The molecule has 0 aliphatic carbocycles. The van der Waals surface area contributed by atoms with E-state index < -0.39 is 0 Å². The average Bonchev–Trinajstić information content (AvgIpc) is 3.07. The van der Waals surface area contributed by atoms with Crippen molar-refractivity contribution < 1.29 is 0 Å². The highest BCUT2D eigenvalue weighted by atomic mass is 35.5. The molecule has 1 atom stereocenters. The van der Waals surface area contributed by atoms with Crippen LogP contribution in [0.15, 0.2) is 36.7 Å². The van der Waals surface area contributed by atoms with E-state index in [2.05, 4.69) is 27.6 Å². The summed E-state index contributed by atoms with van der Waals surface area (Å²) in [5, 5.41) is 0.764. The lowest BCUT2D eigenvalue weighted by Crippen LogP contribution is -2.21. The summed E-state index contributed by atoms with van der Waals surface area (Å²) < 4.78 is 2.30. The molecule has 2 aromatic rings. The van der Waals surface area contributed by atoms with E-state index in [9.17, 15) is 0 Å². The topological polar surface area (TPSA) is 21.1 Å². The van der Waals surface area contributed by atoms with Crippen LogP contribution in [-0.4, -0.2) is 34.1 Å². The predicted octanol–water partition coefficient (Wildman–Crippen LogP) is 3.47. The number of hydrogen-bond donors (Lipinski definition) is 0. The van der Waals surface area contributed by atoms with Crippen molar-refractivity contribution in [1.82, 2.24) is 14.5 Å². The lowest BCUT2D eigenvalue weighted by atomic mass is 10.2. The van der Waals surface area contributed by atoms with E-state index in [0.29, 0.717) is 6.04 Å². The third-order valence-electron chi connectivity index (χ3n) is 3.86. The second-order valence-electron chi connectivity index (χ2n) is 5.00. The van der Waals surface area contributed by atoms with Gasteiger partial charge in [0.25, 0.3) is 0 Å². The summed E-state index contributed by atoms with van der Waals surface area (Å²) in [5.74, 6) is 1.04. The summed E-state index contributed by atoms with van der Waals surface area (Å²) in [6, 6.07) is 8.45. The van der Waals surface area contributed by atoms with E-state index >= 15 is 0 Å². The standard InChI is InChI=1S/C15H18ClN3/c1-2-18-9-7-14(11-18)19-10-8-17-15(19)12-3-5-13(16)6-4-12/h3-6,8,10,14H,2,7,9,11H2,1H3. The molecule has 1 aliphatic rings. The third kappa shape index (κ3) is 2.53. The molecule has 3 rings (SSSR count). The summed E-state index contributed by atoms with van der Waals surface area (Å²) in [7, 11) is 0.